The van der Waals surface area contributed by atoms with E-state index in [4.69, 9.17) is 6.42 Å². The first kappa shape index (κ1) is 23.1. The van der Waals surface area contributed by atoms with Crippen LogP contribution in [0, 0.1) is 18.2 Å². The van der Waals surface area contributed by atoms with Crippen LogP contribution < -0.4 is 4.90 Å². The third kappa shape index (κ3) is 4.67. The molecule has 1 amide bonds. The Morgan fingerprint density at radius 1 is 1.24 bits per heavy atom. The Bertz CT molecular complexity index is 1280. The van der Waals surface area contributed by atoms with E-state index in [1.54, 1.807) is 11.1 Å². The second-order valence-electron chi connectivity index (χ2n) is 8.10. The number of amides is 1. The fourth-order valence-corrected chi connectivity index (χ4v) is 4.19. The average molecular weight is 456 g/mol. The summed E-state index contributed by atoms with van der Waals surface area (Å²) in [6.07, 6.45) is 19.7. The Morgan fingerprint density at radius 2 is 2.03 bits per heavy atom. The van der Waals surface area contributed by atoms with Crippen LogP contribution in [0.15, 0.2) is 72.8 Å². The zero-order valence-corrected chi connectivity index (χ0v) is 19.0. The monoisotopic (exact) mass is 455 g/mol. The minimum absolute atomic E-state index is 0.0889. The predicted octanol–water partition coefficient (Wildman–Crippen LogP) is 3.93. The molecule has 3 heterocycles. The molecule has 0 bridgehead atoms. The number of hydrogen-bond donors (Lipinski definition) is 0. The van der Waals surface area contributed by atoms with Gasteiger partial charge in [0, 0.05) is 44.4 Å². The number of carbonyl (C=O) groups is 1. The predicted molar refractivity (Wildman–Crippen MR) is 132 cm³/mol. The molecule has 172 valence electrons. The van der Waals surface area contributed by atoms with Crippen LogP contribution in [0.1, 0.15) is 18.5 Å². The van der Waals surface area contributed by atoms with Crippen LogP contribution in [0.25, 0.3) is 10.9 Å². The van der Waals surface area contributed by atoms with Crippen molar-refractivity contribution in [3.8, 4) is 12.3 Å². The molecular formula is C27H26FN5O. The third-order valence-electron chi connectivity index (χ3n) is 6.11. The van der Waals surface area contributed by atoms with Crippen molar-refractivity contribution in [2.45, 2.75) is 19.3 Å². The van der Waals surface area contributed by atoms with E-state index in [2.05, 4.69) is 34.0 Å². The van der Waals surface area contributed by atoms with E-state index >= 15 is 4.39 Å². The second-order valence-corrected chi connectivity index (χ2v) is 8.10. The maximum absolute atomic E-state index is 15.2. The molecule has 0 N–H and O–H groups in total. The average Bonchev–Trinajstić information content (AvgIpc) is 2.88. The maximum Gasteiger partial charge on any atom is 0.246 e. The van der Waals surface area contributed by atoms with E-state index in [0.717, 1.165) is 29.6 Å². The molecular weight excluding hydrogens is 429 g/mol. The van der Waals surface area contributed by atoms with E-state index in [-0.39, 0.29) is 11.4 Å². The number of nitrogens with zero attached hydrogens (tertiary/aromatic N) is 5. The number of anilines is 1. The molecule has 0 saturated carbocycles. The first-order valence-electron chi connectivity index (χ1n) is 11.2. The normalized spacial score (nSPS) is 17.8. The summed E-state index contributed by atoms with van der Waals surface area (Å²) in [6, 6.07) is 0. The van der Waals surface area contributed by atoms with Gasteiger partial charge >= 0.3 is 0 Å². The van der Waals surface area contributed by atoms with Gasteiger partial charge in [-0.15, -0.1) is 6.42 Å². The number of piperazine rings is 1. The van der Waals surface area contributed by atoms with E-state index in [1.807, 2.05) is 29.2 Å². The fraction of sp³-hybridized carbons (Fsp3) is 0.259. The highest BCUT2D eigenvalue weighted by molar-refractivity contribution is 5.90. The molecule has 2 aromatic rings. The van der Waals surface area contributed by atoms with Crippen LogP contribution in [0.4, 0.5) is 10.2 Å². The molecule has 7 heteroatoms. The van der Waals surface area contributed by atoms with Crippen LogP contribution in [0.5, 0.6) is 0 Å². The summed E-state index contributed by atoms with van der Waals surface area (Å²) >= 11 is 0. The Kier molecular flexibility index (Phi) is 6.98. The quantitative estimate of drug-likeness (QED) is 0.505. The summed E-state index contributed by atoms with van der Waals surface area (Å²) in [5, 5.41) is 0.561. The van der Waals surface area contributed by atoms with Crippen molar-refractivity contribution >= 4 is 22.6 Å². The van der Waals surface area contributed by atoms with Crippen molar-refractivity contribution < 1.29 is 9.18 Å². The van der Waals surface area contributed by atoms with Gasteiger partial charge in [0.25, 0.3) is 0 Å². The number of pyridine rings is 1. The van der Waals surface area contributed by atoms with Gasteiger partial charge in [-0.1, -0.05) is 43.4 Å². The molecule has 0 atom stereocenters. The zero-order chi connectivity index (χ0) is 24.1. The minimum Gasteiger partial charge on any atom is -0.352 e. The number of halogens is 1. The summed E-state index contributed by atoms with van der Waals surface area (Å²) in [5.41, 5.74) is 3.35. The zero-order valence-electron chi connectivity index (χ0n) is 19.0. The lowest BCUT2D eigenvalue weighted by atomic mass is 9.90. The Hall–Kier alpha value is -4.05. The van der Waals surface area contributed by atoms with Gasteiger partial charge in [0.05, 0.1) is 11.1 Å². The number of carbonyl (C=O) groups excluding carboxylic acids is 1. The van der Waals surface area contributed by atoms with Gasteiger partial charge < -0.3 is 9.80 Å². The standard InChI is InChI=1S/C27H26FN5O/c1-4-20-10-8-11-21(19(20)3)9-6-7-12-23-25(28)26-22(17-29-23)27(31-18-30-26)33-15-13-32(14-16-33)24(34)5-2/h1,5-7,9-10,17-18H,2-3,8,11-16H2/b7-6-,21-9-. The molecule has 6 nitrogen and oxygen atoms in total. The number of terminal acetylenes is 1. The van der Waals surface area contributed by atoms with Crippen LogP contribution in [-0.4, -0.2) is 51.9 Å². The van der Waals surface area contributed by atoms with Gasteiger partial charge in [0.1, 0.15) is 17.7 Å². The lowest BCUT2D eigenvalue weighted by Crippen LogP contribution is -2.48. The SMILES string of the molecule is C#CC1=CCC/C(=C/C=C\Cc2ncc3c(N4CCN(C(=O)C=C)CC4)ncnc3c2F)C1=C. The number of rotatable bonds is 5. The van der Waals surface area contributed by atoms with Crippen LogP contribution >= 0.6 is 0 Å². The summed E-state index contributed by atoms with van der Waals surface area (Å²) in [6.45, 7) is 9.89. The molecule has 0 spiro atoms. The Balaban J connectivity index is 1.49. The number of aromatic nitrogens is 3. The fourth-order valence-electron chi connectivity index (χ4n) is 4.19. The van der Waals surface area contributed by atoms with Gasteiger partial charge in [0.15, 0.2) is 5.82 Å². The van der Waals surface area contributed by atoms with Crippen molar-refractivity contribution in [3.05, 3.63) is 84.3 Å². The molecule has 2 aliphatic rings. The minimum atomic E-state index is -0.446. The molecule has 1 aliphatic heterocycles. The van der Waals surface area contributed by atoms with Gasteiger partial charge in [0.2, 0.25) is 5.91 Å². The molecule has 4 rings (SSSR count). The molecule has 1 fully saturated rings. The van der Waals surface area contributed by atoms with E-state index in [0.29, 0.717) is 49.5 Å². The largest absolute Gasteiger partial charge is 0.352 e. The smallest absolute Gasteiger partial charge is 0.246 e. The van der Waals surface area contributed by atoms with Crippen molar-refractivity contribution in [2.24, 2.45) is 0 Å². The maximum atomic E-state index is 15.2. The highest BCUT2D eigenvalue weighted by atomic mass is 19.1. The highest BCUT2D eigenvalue weighted by Crippen LogP contribution is 2.28. The van der Waals surface area contributed by atoms with Gasteiger partial charge in [-0.05, 0) is 30.1 Å². The van der Waals surface area contributed by atoms with Gasteiger partial charge in [-0.3, -0.25) is 9.78 Å². The first-order chi connectivity index (χ1) is 16.5. The topological polar surface area (TPSA) is 62.2 Å². The van der Waals surface area contributed by atoms with E-state index in [9.17, 15) is 4.79 Å². The summed E-state index contributed by atoms with van der Waals surface area (Å²) < 4.78 is 15.2. The van der Waals surface area contributed by atoms with E-state index in [1.165, 1.54) is 12.4 Å². The Labute approximate surface area is 198 Å². The van der Waals surface area contributed by atoms with Crippen molar-refractivity contribution in [3.63, 3.8) is 0 Å². The van der Waals surface area contributed by atoms with Gasteiger partial charge in [-0.2, -0.15) is 0 Å². The van der Waals surface area contributed by atoms with Crippen molar-refractivity contribution in [1.29, 1.82) is 0 Å². The number of allylic oxidation sites excluding steroid dienone is 7. The second kappa shape index (κ2) is 10.3. The number of hydrogen-bond acceptors (Lipinski definition) is 5. The highest BCUT2D eigenvalue weighted by Gasteiger charge is 2.23. The lowest BCUT2D eigenvalue weighted by molar-refractivity contribution is -0.126. The molecule has 0 aromatic carbocycles. The summed E-state index contributed by atoms with van der Waals surface area (Å²) in [4.78, 5) is 28.5. The lowest BCUT2D eigenvalue weighted by Gasteiger charge is -2.35. The van der Waals surface area contributed by atoms with Gasteiger partial charge in [-0.25, -0.2) is 14.4 Å². The van der Waals surface area contributed by atoms with Crippen LogP contribution in [-0.2, 0) is 11.2 Å². The van der Waals surface area contributed by atoms with E-state index < -0.39 is 5.82 Å². The molecule has 1 aliphatic carbocycles. The van der Waals surface area contributed by atoms with Crippen molar-refractivity contribution in [1.82, 2.24) is 19.9 Å². The molecule has 34 heavy (non-hydrogen) atoms. The molecule has 0 radical (unpaired) electrons. The van der Waals surface area contributed by atoms with Crippen LogP contribution in [0.3, 0.4) is 0 Å². The summed E-state index contributed by atoms with van der Waals surface area (Å²) in [5.74, 6) is 2.75. The first-order valence-corrected chi connectivity index (χ1v) is 11.2. The molecule has 0 unspecified atom stereocenters. The Morgan fingerprint density at radius 3 is 2.76 bits per heavy atom. The summed E-state index contributed by atoms with van der Waals surface area (Å²) in [7, 11) is 0. The van der Waals surface area contributed by atoms with Crippen molar-refractivity contribution in [2.75, 3.05) is 31.1 Å². The molecule has 1 saturated heterocycles. The van der Waals surface area contributed by atoms with Crippen LogP contribution in [0.2, 0.25) is 0 Å². The number of fused-ring (bicyclic) bond motifs is 1. The third-order valence-corrected chi connectivity index (χ3v) is 6.11. The molecule has 2 aromatic heterocycles.